The molecular formula is C32H28F2N6O4S3. The lowest BCUT2D eigenvalue weighted by Crippen LogP contribution is -2.60. The molecule has 5 fully saturated rings. The van der Waals surface area contributed by atoms with E-state index in [1.54, 1.807) is 30.5 Å². The van der Waals surface area contributed by atoms with E-state index in [0.29, 0.717) is 33.5 Å². The first kappa shape index (κ1) is 29.2. The Bertz CT molecular complexity index is 2320. The van der Waals surface area contributed by atoms with Gasteiger partial charge in [0.15, 0.2) is 15.7 Å². The Morgan fingerprint density at radius 1 is 0.979 bits per heavy atom. The Labute approximate surface area is 273 Å². The van der Waals surface area contributed by atoms with Crippen molar-refractivity contribution < 1.29 is 25.6 Å². The maximum absolute atomic E-state index is 16.4. The molecule has 15 heteroatoms. The highest BCUT2D eigenvalue weighted by atomic mass is 32.2. The van der Waals surface area contributed by atoms with E-state index in [2.05, 4.69) is 15.0 Å². The second kappa shape index (κ2) is 9.80. The van der Waals surface area contributed by atoms with E-state index in [1.807, 2.05) is 0 Å². The van der Waals surface area contributed by atoms with Crippen molar-refractivity contribution in [1.82, 2.24) is 18.9 Å². The predicted molar refractivity (Wildman–Crippen MR) is 175 cm³/mol. The van der Waals surface area contributed by atoms with E-state index >= 15 is 4.39 Å². The number of hydrogen-bond acceptors (Lipinski definition) is 9. The summed E-state index contributed by atoms with van der Waals surface area (Å²) in [5.74, 6) is 0.173. The highest BCUT2D eigenvalue weighted by Crippen LogP contribution is 2.66. The number of aromatic nitrogens is 4. The minimum atomic E-state index is -4.35. The molecule has 2 N–H and O–H groups in total. The molecule has 2 bridgehead atoms. The number of nitrogens with zero attached hydrogens (tertiary/aromatic N) is 4. The quantitative estimate of drug-likeness (QED) is 0.210. The van der Waals surface area contributed by atoms with Gasteiger partial charge in [0.1, 0.15) is 10.8 Å². The van der Waals surface area contributed by atoms with Gasteiger partial charge in [-0.25, -0.2) is 36.1 Å². The van der Waals surface area contributed by atoms with Crippen molar-refractivity contribution in [1.29, 1.82) is 0 Å². The monoisotopic (exact) mass is 694 g/mol. The molecule has 5 aromatic rings. The van der Waals surface area contributed by atoms with E-state index in [0.717, 1.165) is 47.2 Å². The number of rotatable bonds is 8. The van der Waals surface area contributed by atoms with Crippen LogP contribution in [0.4, 0.5) is 20.4 Å². The number of nitrogens with one attached hydrogen (secondary N) is 2. The van der Waals surface area contributed by atoms with E-state index in [-0.39, 0.29) is 45.1 Å². The summed E-state index contributed by atoms with van der Waals surface area (Å²) in [5, 5.41) is 4.76. The Balaban J connectivity index is 1.05. The standard InChI is InChI=1S/C32H28F2N6O4S3/c33-20-5-4-19-7-9-40(25(19)10-20)47(43,44)39-23-3-1-2-22(26(23)34)27-28(45-29(38-27)32-11-18(12-32)13-32)24-6-8-35-30(37-24)36-21-14-31(15-21)16-46(41,42)17-31/h1-10,18,21,39H,11-17H2,(H,35,36,37). The van der Waals surface area contributed by atoms with Crippen molar-refractivity contribution in [3.8, 4) is 21.8 Å². The molecule has 2 aromatic carbocycles. The summed E-state index contributed by atoms with van der Waals surface area (Å²) >= 11 is 1.48. The van der Waals surface area contributed by atoms with Gasteiger partial charge in [-0.1, -0.05) is 6.07 Å². The average Bonchev–Trinajstić information content (AvgIpc) is 3.56. The van der Waals surface area contributed by atoms with Gasteiger partial charge in [-0.2, -0.15) is 8.42 Å². The van der Waals surface area contributed by atoms with Gasteiger partial charge in [0.25, 0.3) is 0 Å². The van der Waals surface area contributed by atoms with Crippen LogP contribution < -0.4 is 10.0 Å². The predicted octanol–water partition coefficient (Wildman–Crippen LogP) is 5.75. The van der Waals surface area contributed by atoms with Crippen LogP contribution in [0.1, 0.15) is 37.1 Å². The van der Waals surface area contributed by atoms with Crippen LogP contribution in [0, 0.1) is 23.0 Å². The van der Waals surface area contributed by atoms with Crippen LogP contribution in [-0.4, -0.2) is 53.3 Å². The third-order valence-corrected chi connectivity index (χ3v) is 14.9. The Morgan fingerprint density at radius 3 is 2.49 bits per heavy atom. The Hall–Kier alpha value is -3.95. The molecule has 1 aliphatic heterocycles. The first-order valence-electron chi connectivity index (χ1n) is 15.3. The summed E-state index contributed by atoms with van der Waals surface area (Å²) in [6.07, 6.45) is 7.53. The van der Waals surface area contributed by atoms with Crippen molar-refractivity contribution in [2.75, 3.05) is 21.5 Å². The molecule has 0 atom stereocenters. The van der Waals surface area contributed by atoms with Crippen LogP contribution in [0.5, 0.6) is 0 Å². The summed E-state index contributed by atoms with van der Waals surface area (Å²) in [4.78, 5) is 14.8. The van der Waals surface area contributed by atoms with E-state index in [1.165, 1.54) is 35.7 Å². The molecule has 4 saturated carbocycles. The van der Waals surface area contributed by atoms with Crippen molar-refractivity contribution in [3.05, 3.63) is 77.6 Å². The van der Waals surface area contributed by atoms with Gasteiger partial charge in [-0.15, -0.1) is 11.3 Å². The van der Waals surface area contributed by atoms with Crippen LogP contribution in [0.2, 0.25) is 0 Å². The molecular weight excluding hydrogens is 667 g/mol. The number of halogens is 2. The number of thiazole rings is 1. The second-order valence-corrected chi connectivity index (χ2v) is 18.2. The van der Waals surface area contributed by atoms with Crippen molar-refractivity contribution >= 4 is 53.9 Å². The number of hydrogen-bond donors (Lipinski definition) is 2. The molecule has 47 heavy (non-hydrogen) atoms. The minimum absolute atomic E-state index is 0.0137. The molecule has 3 aromatic heterocycles. The molecule has 0 unspecified atom stereocenters. The van der Waals surface area contributed by atoms with Crippen LogP contribution in [0.25, 0.3) is 32.7 Å². The van der Waals surface area contributed by atoms with Crippen LogP contribution in [-0.2, 0) is 25.5 Å². The van der Waals surface area contributed by atoms with Crippen LogP contribution in [0.3, 0.4) is 0 Å². The average molecular weight is 695 g/mol. The van der Waals surface area contributed by atoms with Gasteiger partial charge in [0.2, 0.25) is 5.95 Å². The molecule has 0 radical (unpaired) electrons. The molecule has 242 valence electrons. The van der Waals surface area contributed by atoms with Crippen molar-refractivity contribution in [2.24, 2.45) is 11.3 Å². The van der Waals surface area contributed by atoms with Crippen LogP contribution in [0.15, 0.2) is 60.9 Å². The zero-order valence-corrected chi connectivity index (χ0v) is 27.2. The zero-order chi connectivity index (χ0) is 32.3. The maximum atomic E-state index is 16.4. The first-order chi connectivity index (χ1) is 22.4. The molecule has 1 spiro atoms. The zero-order valence-electron chi connectivity index (χ0n) is 24.8. The largest absolute Gasteiger partial charge is 0.351 e. The summed E-state index contributed by atoms with van der Waals surface area (Å²) in [5.41, 5.74) is 0.757. The van der Waals surface area contributed by atoms with Gasteiger partial charge < -0.3 is 5.32 Å². The third-order valence-electron chi connectivity index (χ3n) is 10.1. The molecule has 4 aliphatic carbocycles. The molecule has 5 aliphatic rings. The molecule has 4 heterocycles. The second-order valence-electron chi connectivity index (χ2n) is 13.6. The van der Waals surface area contributed by atoms with E-state index in [4.69, 9.17) is 9.97 Å². The van der Waals surface area contributed by atoms with Gasteiger partial charge >= 0.3 is 10.2 Å². The van der Waals surface area contributed by atoms with Crippen LogP contribution >= 0.6 is 11.3 Å². The van der Waals surface area contributed by atoms with Gasteiger partial charge in [0.05, 0.1) is 39.0 Å². The smallest absolute Gasteiger partial charge is 0.327 e. The lowest BCUT2D eigenvalue weighted by molar-refractivity contribution is -0.0274. The summed E-state index contributed by atoms with van der Waals surface area (Å²) in [6, 6.07) is 11.6. The Kier molecular flexibility index (Phi) is 6.09. The highest BCUT2D eigenvalue weighted by Gasteiger charge is 2.59. The number of sulfone groups is 1. The maximum Gasteiger partial charge on any atom is 0.327 e. The van der Waals surface area contributed by atoms with Gasteiger partial charge in [-0.05, 0) is 80.5 Å². The number of anilines is 2. The molecule has 1 saturated heterocycles. The minimum Gasteiger partial charge on any atom is -0.351 e. The molecule has 10 rings (SSSR count). The number of benzene rings is 2. The molecule has 10 nitrogen and oxygen atoms in total. The van der Waals surface area contributed by atoms with E-state index < -0.39 is 31.7 Å². The topological polar surface area (TPSA) is 136 Å². The van der Waals surface area contributed by atoms with Gasteiger partial charge in [-0.3, -0.25) is 4.72 Å². The Morgan fingerprint density at radius 2 is 1.77 bits per heavy atom. The SMILES string of the molecule is O=S1(=O)CC2(CC(Nc3nccc(-c4sc(C56CC(C5)C6)nc4-c4cccc(NS(=O)(=O)n5ccc6ccc(F)cc65)c4F)n3)C2)C1. The van der Waals surface area contributed by atoms with Crippen molar-refractivity contribution in [3.63, 3.8) is 0 Å². The summed E-state index contributed by atoms with van der Waals surface area (Å²) in [7, 11) is -7.26. The highest BCUT2D eigenvalue weighted by molar-refractivity contribution is 7.92. The fourth-order valence-corrected chi connectivity index (χ4v) is 12.6. The number of fused-ring (bicyclic) bond motifs is 1. The van der Waals surface area contributed by atoms with Crippen molar-refractivity contribution in [2.45, 2.75) is 43.6 Å². The lowest BCUT2D eigenvalue weighted by atomic mass is 9.45. The normalized spacial score (nSPS) is 23.8. The lowest BCUT2D eigenvalue weighted by Gasteiger charge is -2.60. The summed E-state index contributed by atoms with van der Waals surface area (Å²) in [6.45, 7) is 0. The summed E-state index contributed by atoms with van der Waals surface area (Å²) < 4.78 is 83.8. The first-order valence-corrected chi connectivity index (χ1v) is 19.4. The fourth-order valence-electron chi connectivity index (χ4n) is 7.86. The molecule has 0 amide bonds. The fraction of sp³-hybridized carbons (Fsp3) is 0.344. The van der Waals surface area contributed by atoms with E-state index in [9.17, 15) is 21.2 Å². The van der Waals surface area contributed by atoms with Gasteiger partial charge in [0, 0.05) is 40.2 Å². The third kappa shape index (κ3) is 4.68.